The molecule has 2 aromatic rings. The number of hydrogen-bond donors (Lipinski definition) is 1. The lowest BCUT2D eigenvalue weighted by Gasteiger charge is -2.08. The third kappa shape index (κ3) is 4.47. The van der Waals surface area contributed by atoms with Gasteiger partial charge in [-0.2, -0.15) is 5.10 Å². The molecule has 0 aliphatic heterocycles. The van der Waals surface area contributed by atoms with Gasteiger partial charge < -0.3 is 5.32 Å². The van der Waals surface area contributed by atoms with E-state index in [1.807, 2.05) is 12.1 Å². The van der Waals surface area contributed by atoms with Crippen LogP contribution >= 0.6 is 23.2 Å². The third-order valence-corrected chi connectivity index (χ3v) is 4.05. The summed E-state index contributed by atoms with van der Waals surface area (Å²) in [5.41, 5.74) is 3.50. The van der Waals surface area contributed by atoms with Crippen molar-refractivity contribution in [2.75, 3.05) is 6.54 Å². The maximum atomic E-state index is 6.17. The first-order valence-corrected chi connectivity index (χ1v) is 8.09. The minimum absolute atomic E-state index is 0.677. The standard InChI is InChI=1S/C16H21Cl2N3/c1-3-14-10-15(21(4-2)20-14)11-19-8-7-12-5-6-13(17)9-16(12)18/h5-6,9-10,19H,3-4,7-8,11H2,1-2H3. The van der Waals surface area contributed by atoms with Crippen molar-refractivity contribution in [2.45, 2.75) is 39.8 Å². The van der Waals surface area contributed by atoms with Crippen LogP contribution in [0.1, 0.15) is 30.8 Å². The summed E-state index contributed by atoms with van der Waals surface area (Å²) in [7, 11) is 0. The molecule has 0 atom stereocenters. The Labute approximate surface area is 136 Å². The van der Waals surface area contributed by atoms with Gasteiger partial charge in [0.1, 0.15) is 0 Å². The van der Waals surface area contributed by atoms with E-state index in [-0.39, 0.29) is 0 Å². The zero-order chi connectivity index (χ0) is 15.2. The summed E-state index contributed by atoms with van der Waals surface area (Å²) in [5.74, 6) is 0. The van der Waals surface area contributed by atoms with Crippen LogP contribution in [0.3, 0.4) is 0 Å². The number of benzene rings is 1. The lowest BCUT2D eigenvalue weighted by molar-refractivity contribution is 0.578. The van der Waals surface area contributed by atoms with Crippen molar-refractivity contribution in [2.24, 2.45) is 0 Å². The van der Waals surface area contributed by atoms with Crippen LogP contribution < -0.4 is 5.32 Å². The van der Waals surface area contributed by atoms with Crippen LogP contribution in [0.15, 0.2) is 24.3 Å². The Hall–Kier alpha value is -1.03. The molecule has 0 saturated carbocycles. The molecular weight excluding hydrogens is 305 g/mol. The average Bonchev–Trinajstić information content (AvgIpc) is 2.88. The van der Waals surface area contributed by atoms with Crippen LogP contribution in [0.2, 0.25) is 10.0 Å². The molecule has 1 N–H and O–H groups in total. The van der Waals surface area contributed by atoms with Crippen molar-refractivity contribution < 1.29 is 0 Å². The second kappa shape index (κ2) is 7.83. The molecule has 1 aromatic carbocycles. The molecule has 0 aliphatic carbocycles. The van der Waals surface area contributed by atoms with Gasteiger partial charge in [-0.1, -0.05) is 36.2 Å². The normalized spacial score (nSPS) is 11.0. The van der Waals surface area contributed by atoms with Gasteiger partial charge in [0.25, 0.3) is 0 Å². The van der Waals surface area contributed by atoms with Gasteiger partial charge in [-0.25, -0.2) is 0 Å². The Morgan fingerprint density at radius 1 is 1.19 bits per heavy atom. The Kier molecular flexibility index (Phi) is 6.09. The van der Waals surface area contributed by atoms with Crippen molar-refractivity contribution in [3.8, 4) is 0 Å². The predicted molar refractivity (Wildman–Crippen MR) is 89.2 cm³/mol. The molecule has 2 rings (SSSR count). The van der Waals surface area contributed by atoms with Gasteiger partial charge in [-0.3, -0.25) is 4.68 Å². The number of rotatable bonds is 7. The van der Waals surface area contributed by atoms with E-state index in [1.54, 1.807) is 6.07 Å². The fraction of sp³-hybridized carbons (Fsp3) is 0.438. The van der Waals surface area contributed by atoms with Crippen LogP contribution in [0.4, 0.5) is 0 Å². The molecule has 0 bridgehead atoms. The van der Waals surface area contributed by atoms with E-state index < -0.39 is 0 Å². The highest BCUT2D eigenvalue weighted by atomic mass is 35.5. The van der Waals surface area contributed by atoms with Crippen LogP contribution in [0.25, 0.3) is 0 Å². The summed E-state index contributed by atoms with van der Waals surface area (Å²) in [4.78, 5) is 0. The molecule has 21 heavy (non-hydrogen) atoms. The van der Waals surface area contributed by atoms with Crippen molar-refractivity contribution >= 4 is 23.2 Å². The highest BCUT2D eigenvalue weighted by Crippen LogP contribution is 2.21. The SMILES string of the molecule is CCc1cc(CNCCc2ccc(Cl)cc2Cl)n(CC)n1. The molecule has 0 spiro atoms. The van der Waals surface area contributed by atoms with Crippen LogP contribution in [-0.4, -0.2) is 16.3 Å². The highest BCUT2D eigenvalue weighted by Gasteiger charge is 2.05. The monoisotopic (exact) mass is 325 g/mol. The molecule has 0 aliphatic rings. The van der Waals surface area contributed by atoms with E-state index in [0.717, 1.165) is 48.8 Å². The largest absolute Gasteiger partial charge is 0.311 e. The second-order valence-electron chi connectivity index (χ2n) is 4.96. The maximum absolute atomic E-state index is 6.17. The quantitative estimate of drug-likeness (QED) is 0.776. The zero-order valence-electron chi connectivity index (χ0n) is 12.5. The number of aromatic nitrogens is 2. The molecule has 5 heteroatoms. The van der Waals surface area contributed by atoms with Gasteiger partial charge in [0.2, 0.25) is 0 Å². The molecule has 0 unspecified atom stereocenters. The maximum Gasteiger partial charge on any atom is 0.0625 e. The summed E-state index contributed by atoms with van der Waals surface area (Å²) < 4.78 is 2.06. The van der Waals surface area contributed by atoms with Crippen LogP contribution in [0, 0.1) is 0 Å². The molecule has 0 saturated heterocycles. The fourth-order valence-corrected chi connectivity index (χ4v) is 2.77. The van der Waals surface area contributed by atoms with Gasteiger partial charge in [0, 0.05) is 23.1 Å². The van der Waals surface area contributed by atoms with E-state index in [4.69, 9.17) is 23.2 Å². The number of nitrogens with one attached hydrogen (secondary N) is 1. The van der Waals surface area contributed by atoms with Crippen LogP contribution in [0.5, 0.6) is 0 Å². The lowest BCUT2D eigenvalue weighted by Crippen LogP contribution is -2.19. The van der Waals surface area contributed by atoms with E-state index >= 15 is 0 Å². The van der Waals surface area contributed by atoms with Crippen molar-refractivity contribution in [3.05, 3.63) is 51.3 Å². The number of nitrogens with zero attached hydrogens (tertiary/aromatic N) is 2. The van der Waals surface area contributed by atoms with Crippen molar-refractivity contribution in [1.82, 2.24) is 15.1 Å². The minimum Gasteiger partial charge on any atom is -0.311 e. The Balaban J connectivity index is 1.85. The Morgan fingerprint density at radius 3 is 2.67 bits per heavy atom. The summed E-state index contributed by atoms with van der Waals surface area (Å²) in [5, 5.41) is 9.41. The van der Waals surface area contributed by atoms with E-state index in [2.05, 4.69) is 35.0 Å². The molecule has 0 amide bonds. The number of hydrogen-bond acceptors (Lipinski definition) is 2. The molecule has 114 valence electrons. The van der Waals surface area contributed by atoms with E-state index in [1.165, 1.54) is 5.69 Å². The van der Waals surface area contributed by atoms with E-state index in [0.29, 0.717) is 5.02 Å². The molecular formula is C16H21Cl2N3. The van der Waals surface area contributed by atoms with Gasteiger partial charge in [-0.15, -0.1) is 0 Å². The van der Waals surface area contributed by atoms with Gasteiger partial charge in [-0.05, 0) is 50.1 Å². The fourth-order valence-electron chi connectivity index (χ4n) is 2.27. The minimum atomic E-state index is 0.677. The Morgan fingerprint density at radius 2 is 2.00 bits per heavy atom. The molecule has 3 nitrogen and oxygen atoms in total. The second-order valence-corrected chi connectivity index (χ2v) is 5.80. The summed E-state index contributed by atoms with van der Waals surface area (Å²) in [6.07, 6.45) is 1.86. The zero-order valence-corrected chi connectivity index (χ0v) is 14.0. The first-order chi connectivity index (χ1) is 10.1. The summed E-state index contributed by atoms with van der Waals surface area (Å²) >= 11 is 12.1. The molecule has 1 heterocycles. The topological polar surface area (TPSA) is 29.9 Å². The van der Waals surface area contributed by atoms with Gasteiger partial charge in [0.05, 0.1) is 11.4 Å². The van der Waals surface area contributed by atoms with Crippen LogP contribution in [-0.2, 0) is 25.9 Å². The third-order valence-electron chi connectivity index (χ3n) is 3.47. The van der Waals surface area contributed by atoms with Crippen molar-refractivity contribution in [1.29, 1.82) is 0 Å². The predicted octanol–water partition coefficient (Wildman–Crippen LogP) is 4.10. The molecule has 0 radical (unpaired) electrons. The smallest absolute Gasteiger partial charge is 0.0625 e. The van der Waals surface area contributed by atoms with Crippen molar-refractivity contribution in [3.63, 3.8) is 0 Å². The highest BCUT2D eigenvalue weighted by molar-refractivity contribution is 6.35. The van der Waals surface area contributed by atoms with E-state index in [9.17, 15) is 0 Å². The first-order valence-electron chi connectivity index (χ1n) is 7.34. The number of halogens is 2. The molecule has 0 fully saturated rings. The average molecular weight is 326 g/mol. The summed E-state index contributed by atoms with van der Waals surface area (Å²) in [6.45, 7) is 6.84. The molecule has 1 aromatic heterocycles. The Bertz CT molecular complexity index is 593. The van der Waals surface area contributed by atoms with Gasteiger partial charge in [0.15, 0.2) is 0 Å². The van der Waals surface area contributed by atoms with Gasteiger partial charge >= 0.3 is 0 Å². The lowest BCUT2D eigenvalue weighted by atomic mass is 10.1. The number of aryl methyl sites for hydroxylation is 2. The summed E-state index contributed by atoms with van der Waals surface area (Å²) in [6, 6.07) is 7.82. The first kappa shape index (κ1) is 16.3.